The van der Waals surface area contributed by atoms with E-state index in [1.165, 1.54) is 19.2 Å². The summed E-state index contributed by atoms with van der Waals surface area (Å²) in [7, 11) is -2.07. The second-order valence-electron chi connectivity index (χ2n) is 5.22. The largest absolute Gasteiger partial charge is 0.497 e. The molecule has 0 radical (unpaired) electrons. The van der Waals surface area contributed by atoms with Crippen LogP contribution in [0.4, 0.5) is 5.69 Å². The Labute approximate surface area is 134 Å². The molecule has 0 atom stereocenters. The van der Waals surface area contributed by atoms with Crippen LogP contribution in [0.15, 0.2) is 47.4 Å². The molecule has 0 unspecified atom stereocenters. The summed E-state index contributed by atoms with van der Waals surface area (Å²) in [5.74, 6) is 0.552. The minimum atomic E-state index is -3.60. The van der Waals surface area contributed by atoms with Gasteiger partial charge in [-0.3, -0.25) is 4.79 Å². The van der Waals surface area contributed by atoms with Gasteiger partial charge < -0.3 is 10.1 Å². The molecule has 120 valence electrons. The first kappa shape index (κ1) is 15.5. The average Bonchev–Trinajstić information content (AvgIpc) is 2.92. The van der Waals surface area contributed by atoms with Crippen molar-refractivity contribution in [3.05, 3.63) is 53.6 Å². The summed E-state index contributed by atoms with van der Waals surface area (Å²) in [6.07, 6.45) is 0.328. The van der Waals surface area contributed by atoms with Gasteiger partial charge in [0.05, 0.1) is 18.4 Å². The van der Waals surface area contributed by atoms with Gasteiger partial charge in [-0.2, -0.15) is 0 Å². The summed E-state index contributed by atoms with van der Waals surface area (Å²) in [4.78, 5) is 11.5. The molecule has 0 aliphatic carbocycles. The van der Waals surface area contributed by atoms with Crippen LogP contribution in [-0.2, 0) is 27.8 Å². The number of nitrogens with one attached hydrogen (secondary N) is 2. The van der Waals surface area contributed by atoms with Gasteiger partial charge in [0.1, 0.15) is 5.75 Å². The Morgan fingerprint density at radius 3 is 2.61 bits per heavy atom. The normalized spacial score (nSPS) is 13.5. The highest BCUT2D eigenvalue weighted by atomic mass is 32.2. The van der Waals surface area contributed by atoms with Crippen molar-refractivity contribution in [2.24, 2.45) is 0 Å². The van der Waals surface area contributed by atoms with E-state index in [1.54, 1.807) is 24.3 Å². The first-order chi connectivity index (χ1) is 11.0. The predicted octanol–water partition coefficient (Wildman–Crippen LogP) is 1.67. The molecule has 0 bridgehead atoms. The van der Waals surface area contributed by atoms with E-state index >= 15 is 0 Å². The zero-order valence-electron chi connectivity index (χ0n) is 12.5. The lowest BCUT2D eigenvalue weighted by Crippen LogP contribution is -2.23. The van der Waals surface area contributed by atoms with Crippen molar-refractivity contribution in [3.8, 4) is 5.75 Å². The molecule has 7 heteroatoms. The van der Waals surface area contributed by atoms with Gasteiger partial charge in [0, 0.05) is 12.2 Å². The van der Waals surface area contributed by atoms with Crippen molar-refractivity contribution in [1.29, 1.82) is 0 Å². The van der Waals surface area contributed by atoms with Gasteiger partial charge in [0.15, 0.2) is 0 Å². The number of anilines is 1. The summed E-state index contributed by atoms with van der Waals surface area (Å²) < 4.78 is 32.1. The lowest BCUT2D eigenvalue weighted by atomic mass is 10.1. The van der Waals surface area contributed by atoms with Crippen LogP contribution in [0.25, 0.3) is 0 Å². The quantitative estimate of drug-likeness (QED) is 0.872. The van der Waals surface area contributed by atoms with Crippen molar-refractivity contribution in [3.63, 3.8) is 0 Å². The van der Waals surface area contributed by atoms with Crippen LogP contribution < -0.4 is 14.8 Å². The third-order valence-electron chi connectivity index (χ3n) is 3.63. The molecule has 2 aromatic carbocycles. The van der Waals surface area contributed by atoms with E-state index in [0.717, 1.165) is 16.8 Å². The number of fused-ring (bicyclic) bond motifs is 1. The smallest absolute Gasteiger partial charge is 0.240 e. The number of sulfonamides is 1. The molecule has 1 aliphatic rings. The van der Waals surface area contributed by atoms with Crippen molar-refractivity contribution >= 4 is 21.6 Å². The Balaban J connectivity index is 1.72. The number of carbonyl (C=O) groups is 1. The summed E-state index contributed by atoms with van der Waals surface area (Å²) in [6.45, 7) is 0.163. The van der Waals surface area contributed by atoms with Crippen LogP contribution in [0, 0.1) is 0 Å². The number of hydrogen-bond donors (Lipinski definition) is 2. The van der Waals surface area contributed by atoms with E-state index in [2.05, 4.69) is 10.0 Å². The molecular weight excluding hydrogens is 316 g/mol. The number of ether oxygens (including phenoxy) is 1. The minimum absolute atomic E-state index is 0.0454. The predicted molar refractivity (Wildman–Crippen MR) is 85.8 cm³/mol. The first-order valence-electron chi connectivity index (χ1n) is 7.03. The van der Waals surface area contributed by atoms with Crippen LogP contribution in [0.3, 0.4) is 0 Å². The molecule has 1 heterocycles. The second-order valence-corrected chi connectivity index (χ2v) is 6.98. The second kappa shape index (κ2) is 6.02. The monoisotopic (exact) mass is 332 g/mol. The Kier molecular flexibility index (Phi) is 4.06. The average molecular weight is 332 g/mol. The number of rotatable bonds is 5. The van der Waals surface area contributed by atoms with Crippen molar-refractivity contribution in [2.75, 3.05) is 12.4 Å². The number of benzene rings is 2. The molecule has 0 aromatic heterocycles. The summed E-state index contributed by atoms with van der Waals surface area (Å²) >= 11 is 0. The van der Waals surface area contributed by atoms with Gasteiger partial charge in [0.25, 0.3) is 0 Å². The topological polar surface area (TPSA) is 84.5 Å². The van der Waals surface area contributed by atoms with Crippen LogP contribution >= 0.6 is 0 Å². The van der Waals surface area contributed by atoms with Crippen LogP contribution in [0.5, 0.6) is 5.75 Å². The zero-order valence-corrected chi connectivity index (χ0v) is 13.3. The highest BCUT2D eigenvalue weighted by molar-refractivity contribution is 7.89. The molecule has 3 rings (SSSR count). The maximum absolute atomic E-state index is 12.3. The third-order valence-corrected chi connectivity index (χ3v) is 5.05. The van der Waals surface area contributed by atoms with E-state index in [-0.39, 0.29) is 17.3 Å². The highest BCUT2D eigenvalue weighted by Crippen LogP contribution is 2.24. The number of hydrogen-bond acceptors (Lipinski definition) is 4. The Hall–Kier alpha value is -2.38. The van der Waals surface area contributed by atoms with Gasteiger partial charge >= 0.3 is 0 Å². The van der Waals surface area contributed by atoms with Crippen molar-refractivity contribution in [2.45, 2.75) is 17.9 Å². The Morgan fingerprint density at radius 2 is 1.91 bits per heavy atom. The fraction of sp³-hybridized carbons (Fsp3) is 0.188. The molecule has 2 N–H and O–H groups in total. The lowest BCUT2D eigenvalue weighted by Gasteiger charge is -2.08. The summed E-state index contributed by atoms with van der Waals surface area (Å²) in [5.41, 5.74) is 2.48. The summed E-state index contributed by atoms with van der Waals surface area (Å²) in [6, 6.07) is 11.6. The van der Waals surface area contributed by atoms with E-state index in [4.69, 9.17) is 4.74 Å². The number of carbonyl (C=O) groups excluding carboxylic acids is 1. The molecule has 1 aliphatic heterocycles. The van der Waals surface area contributed by atoms with Crippen molar-refractivity contribution < 1.29 is 17.9 Å². The highest BCUT2D eigenvalue weighted by Gasteiger charge is 2.18. The van der Waals surface area contributed by atoms with Gasteiger partial charge in [0.2, 0.25) is 15.9 Å². The fourth-order valence-corrected chi connectivity index (χ4v) is 3.43. The molecule has 0 saturated heterocycles. The standard InChI is InChI=1S/C16H16N2O4S/c1-22-13-3-5-14(6-4-13)23(20,21)17-10-11-2-7-15-12(8-11)9-16(19)18-15/h2-8,17H,9-10H2,1H3,(H,18,19). The summed E-state index contributed by atoms with van der Waals surface area (Å²) in [5, 5.41) is 2.74. The lowest BCUT2D eigenvalue weighted by molar-refractivity contribution is -0.115. The fourth-order valence-electron chi connectivity index (χ4n) is 2.41. The molecular formula is C16H16N2O4S. The van der Waals surface area contributed by atoms with Crippen LogP contribution in [0.2, 0.25) is 0 Å². The molecule has 0 fully saturated rings. The Bertz CT molecular complexity index is 845. The maximum Gasteiger partial charge on any atom is 0.240 e. The van der Waals surface area contributed by atoms with E-state index in [9.17, 15) is 13.2 Å². The van der Waals surface area contributed by atoms with Crippen LogP contribution in [0.1, 0.15) is 11.1 Å². The molecule has 0 spiro atoms. The van der Waals surface area contributed by atoms with Gasteiger partial charge in [-0.05, 0) is 41.5 Å². The molecule has 2 aromatic rings. The minimum Gasteiger partial charge on any atom is -0.497 e. The molecule has 1 amide bonds. The van der Waals surface area contributed by atoms with Gasteiger partial charge in [-0.25, -0.2) is 13.1 Å². The number of amides is 1. The van der Waals surface area contributed by atoms with Crippen molar-refractivity contribution in [1.82, 2.24) is 4.72 Å². The molecule has 23 heavy (non-hydrogen) atoms. The van der Waals surface area contributed by atoms with E-state index in [0.29, 0.717) is 12.2 Å². The van der Waals surface area contributed by atoms with Gasteiger partial charge in [-0.1, -0.05) is 12.1 Å². The van der Waals surface area contributed by atoms with E-state index in [1.807, 2.05) is 6.07 Å². The Morgan fingerprint density at radius 1 is 1.17 bits per heavy atom. The van der Waals surface area contributed by atoms with E-state index < -0.39 is 10.0 Å². The molecule has 0 saturated carbocycles. The number of methoxy groups -OCH3 is 1. The van der Waals surface area contributed by atoms with Gasteiger partial charge in [-0.15, -0.1) is 0 Å². The maximum atomic E-state index is 12.3. The first-order valence-corrected chi connectivity index (χ1v) is 8.51. The molecule has 6 nitrogen and oxygen atoms in total. The third kappa shape index (κ3) is 3.35. The SMILES string of the molecule is COc1ccc(S(=O)(=O)NCc2ccc3c(c2)CC(=O)N3)cc1. The van der Waals surface area contributed by atoms with Crippen LogP contribution in [-0.4, -0.2) is 21.4 Å². The zero-order chi connectivity index (χ0) is 16.4.